The predicted octanol–water partition coefficient (Wildman–Crippen LogP) is 2.12. The first-order valence-electron chi connectivity index (χ1n) is 6.85. The smallest absolute Gasteiger partial charge is 0.410 e. The van der Waals surface area contributed by atoms with Gasteiger partial charge in [-0.3, -0.25) is 0 Å². The van der Waals surface area contributed by atoms with Crippen LogP contribution in [0.5, 0.6) is 0 Å². The summed E-state index contributed by atoms with van der Waals surface area (Å²) in [6.45, 7) is 5.42. The number of hydrogen-bond donors (Lipinski definition) is 0. The Morgan fingerprint density at radius 3 is 2.38 bits per heavy atom. The fraction of sp³-hybridized carbons (Fsp3) is 0.400. The van der Waals surface area contributed by atoms with E-state index in [0.717, 1.165) is 24.0 Å². The standard InChI is InChI=1S/C15H18N2O4/c1-5-10-7-12-13(8-11(10)6-2)17(20)14(15(18)21-4)9(3)16(12)19/h7-8H,5-6H2,1-4H3. The Morgan fingerprint density at radius 1 is 1.29 bits per heavy atom. The number of ether oxygens (including phenoxy) is 1. The number of fused-ring (bicyclic) bond motifs is 1. The largest absolute Gasteiger partial charge is 0.805 e. The Hall–Kier alpha value is -2.37. The van der Waals surface area contributed by atoms with Crippen LogP contribution in [-0.4, -0.2) is 17.8 Å². The van der Waals surface area contributed by atoms with Gasteiger partial charge in [-0.2, -0.15) is 0 Å². The lowest BCUT2D eigenvalue weighted by atomic mass is 10.0. The second-order valence-corrected chi connectivity index (χ2v) is 4.83. The molecule has 1 aromatic carbocycles. The number of aryl methyl sites for hydroxylation is 2. The van der Waals surface area contributed by atoms with E-state index in [1.54, 1.807) is 12.1 Å². The van der Waals surface area contributed by atoms with Crippen molar-refractivity contribution < 1.29 is 14.0 Å². The normalized spacial score (nSPS) is 10.9. The summed E-state index contributed by atoms with van der Waals surface area (Å²) in [6, 6.07) is 3.41. The summed E-state index contributed by atoms with van der Waals surface area (Å²) < 4.78 is 5.70. The summed E-state index contributed by atoms with van der Waals surface area (Å²) >= 11 is 0. The minimum atomic E-state index is -0.813. The first-order chi connectivity index (χ1) is 9.96. The van der Waals surface area contributed by atoms with Crippen LogP contribution in [0.15, 0.2) is 12.1 Å². The van der Waals surface area contributed by atoms with Crippen LogP contribution in [0.25, 0.3) is 11.0 Å². The van der Waals surface area contributed by atoms with E-state index in [0.29, 0.717) is 9.16 Å². The Balaban J connectivity index is 2.96. The van der Waals surface area contributed by atoms with Crippen molar-refractivity contribution in [1.29, 1.82) is 0 Å². The van der Waals surface area contributed by atoms with Crippen LogP contribution in [-0.2, 0) is 17.6 Å². The molecule has 0 saturated heterocycles. The average Bonchev–Trinajstić information content (AvgIpc) is 2.51. The molecule has 0 bridgehead atoms. The fourth-order valence-electron chi connectivity index (χ4n) is 2.52. The summed E-state index contributed by atoms with van der Waals surface area (Å²) in [5.41, 5.74) is 2.24. The van der Waals surface area contributed by atoms with Crippen LogP contribution < -0.4 is 4.43 Å². The zero-order valence-corrected chi connectivity index (χ0v) is 12.6. The van der Waals surface area contributed by atoms with Crippen molar-refractivity contribution in [2.75, 3.05) is 7.11 Å². The summed E-state index contributed by atoms with van der Waals surface area (Å²) in [6.07, 6.45) is 1.52. The Morgan fingerprint density at radius 2 is 1.86 bits per heavy atom. The van der Waals surface area contributed by atoms with Crippen LogP contribution in [0.2, 0.25) is 0 Å². The molecule has 0 fully saturated rings. The van der Waals surface area contributed by atoms with Gasteiger partial charge in [0.1, 0.15) is 5.52 Å². The van der Waals surface area contributed by atoms with E-state index in [1.165, 1.54) is 14.0 Å². The maximum atomic E-state index is 12.4. The van der Waals surface area contributed by atoms with Gasteiger partial charge < -0.3 is 14.7 Å². The Bertz CT molecular complexity index is 778. The third-order valence-corrected chi connectivity index (χ3v) is 3.73. The van der Waals surface area contributed by atoms with E-state index in [1.807, 2.05) is 13.8 Å². The molecule has 0 saturated carbocycles. The van der Waals surface area contributed by atoms with Crippen molar-refractivity contribution in [1.82, 2.24) is 4.73 Å². The number of nitrogens with zero attached hydrogens (tertiary/aromatic N) is 2. The van der Waals surface area contributed by atoms with Crippen LogP contribution in [0.1, 0.15) is 41.2 Å². The molecule has 0 aliphatic carbocycles. The lowest BCUT2D eigenvalue weighted by Crippen LogP contribution is -2.31. The van der Waals surface area contributed by atoms with Gasteiger partial charge in [0, 0.05) is 11.0 Å². The van der Waals surface area contributed by atoms with Crippen molar-refractivity contribution in [2.24, 2.45) is 0 Å². The number of rotatable bonds is 3. The lowest BCUT2D eigenvalue weighted by molar-refractivity contribution is -0.469. The molecule has 1 heterocycles. The number of carbonyl (C=O) groups is 1. The number of benzene rings is 1. The molecule has 2 rings (SSSR count). The molecule has 0 amide bonds. The van der Waals surface area contributed by atoms with E-state index >= 15 is 0 Å². The molecule has 0 N–H and O–H groups in total. The van der Waals surface area contributed by atoms with Crippen molar-refractivity contribution in [3.63, 3.8) is 0 Å². The van der Waals surface area contributed by atoms with Crippen LogP contribution in [0, 0.1) is 17.0 Å². The molecule has 0 aliphatic heterocycles. The number of carbonyl (C=O) groups excluding carboxylic acids is 1. The number of methoxy groups -OCH3 is 1. The van der Waals surface area contributed by atoms with E-state index in [9.17, 15) is 14.9 Å². The molecule has 0 unspecified atom stereocenters. The van der Waals surface area contributed by atoms with Gasteiger partial charge in [0.05, 0.1) is 17.2 Å². The van der Waals surface area contributed by atoms with Gasteiger partial charge in [0.15, 0.2) is 0 Å². The summed E-state index contributed by atoms with van der Waals surface area (Å²) in [4.78, 5) is 24.2. The molecule has 0 atom stereocenters. The quantitative estimate of drug-likeness (QED) is 0.641. The average molecular weight is 290 g/mol. The van der Waals surface area contributed by atoms with Crippen molar-refractivity contribution >= 4 is 17.0 Å². The predicted molar refractivity (Wildman–Crippen MR) is 78.9 cm³/mol. The van der Waals surface area contributed by atoms with Gasteiger partial charge >= 0.3 is 11.7 Å². The van der Waals surface area contributed by atoms with E-state index in [-0.39, 0.29) is 22.4 Å². The molecular weight excluding hydrogens is 272 g/mol. The first kappa shape index (κ1) is 15.0. The lowest BCUT2D eigenvalue weighted by Gasteiger charge is -2.17. The van der Waals surface area contributed by atoms with E-state index < -0.39 is 5.97 Å². The Labute approximate surface area is 122 Å². The Kier molecular flexibility index (Phi) is 3.97. The number of esters is 1. The second-order valence-electron chi connectivity index (χ2n) is 4.83. The first-order valence-corrected chi connectivity index (χ1v) is 6.85. The van der Waals surface area contributed by atoms with E-state index in [4.69, 9.17) is 0 Å². The zero-order chi connectivity index (χ0) is 15.7. The third-order valence-electron chi connectivity index (χ3n) is 3.73. The molecule has 6 nitrogen and oxygen atoms in total. The second kappa shape index (κ2) is 5.55. The van der Waals surface area contributed by atoms with Gasteiger partial charge in [0.25, 0.3) is 5.52 Å². The minimum absolute atomic E-state index is 0.0376. The van der Waals surface area contributed by atoms with Gasteiger partial charge in [-0.05, 0) is 37.0 Å². The maximum Gasteiger partial charge on any atom is 0.410 e. The third kappa shape index (κ3) is 2.26. The van der Waals surface area contributed by atoms with E-state index in [2.05, 4.69) is 4.74 Å². The van der Waals surface area contributed by atoms with Gasteiger partial charge in [-0.25, -0.2) is 4.79 Å². The monoisotopic (exact) mass is 290 g/mol. The van der Waals surface area contributed by atoms with Crippen LogP contribution >= 0.6 is 0 Å². The highest BCUT2D eigenvalue weighted by molar-refractivity contribution is 5.88. The van der Waals surface area contributed by atoms with Gasteiger partial charge in [0.2, 0.25) is 0 Å². The molecule has 0 spiro atoms. The molecule has 1 aromatic heterocycles. The molecule has 0 radical (unpaired) electrons. The maximum absolute atomic E-state index is 12.4. The minimum Gasteiger partial charge on any atom is -0.805 e. The highest BCUT2D eigenvalue weighted by atomic mass is 16.5. The van der Waals surface area contributed by atoms with Gasteiger partial charge in [-0.1, -0.05) is 13.8 Å². The van der Waals surface area contributed by atoms with Gasteiger partial charge in [-0.15, -0.1) is 0 Å². The van der Waals surface area contributed by atoms with Crippen LogP contribution in [0.4, 0.5) is 0 Å². The molecule has 2 aromatic rings. The summed E-state index contributed by atoms with van der Waals surface area (Å²) in [5.74, 6) is -0.813. The van der Waals surface area contributed by atoms with Crippen molar-refractivity contribution in [3.05, 3.63) is 44.8 Å². The summed E-state index contributed by atoms with van der Waals surface area (Å²) in [5, 5.41) is 12.3. The molecule has 0 aliphatic rings. The topological polar surface area (TPSA) is 77.3 Å². The number of hydrogen-bond acceptors (Lipinski definition) is 4. The molecular formula is C15H18N2O4. The highest BCUT2D eigenvalue weighted by Crippen LogP contribution is 2.21. The molecule has 21 heavy (non-hydrogen) atoms. The molecule has 112 valence electrons. The molecule has 6 heteroatoms. The number of aromatic nitrogens is 2. The summed E-state index contributed by atoms with van der Waals surface area (Å²) in [7, 11) is 1.18. The SMILES string of the molecule is CCc1cc2c(cc1CC)[n+](=O)c(C(=O)OC)c(C)n2[O-]. The fourth-order valence-corrected chi connectivity index (χ4v) is 2.52. The van der Waals surface area contributed by atoms with Crippen molar-refractivity contribution in [2.45, 2.75) is 33.6 Å². The highest BCUT2D eigenvalue weighted by Gasteiger charge is 2.28. The van der Waals surface area contributed by atoms with Crippen LogP contribution in [0.3, 0.4) is 0 Å². The zero-order valence-electron chi connectivity index (χ0n) is 12.6. The van der Waals surface area contributed by atoms with Crippen molar-refractivity contribution in [3.8, 4) is 0 Å².